The van der Waals surface area contributed by atoms with Crippen molar-refractivity contribution in [2.45, 2.75) is 132 Å². The van der Waals surface area contributed by atoms with Gasteiger partial charge in [0.15, 0.2) is 0 Å². The Labute approximate surface area is 460 Å². The number of hydrogen-bond acceptors (Lipinski definition) is 16. The van der Waals surface area contributed by atoms with Crippen LogP contribution in [0.15, 0.2) is 60.9 Å². The number of carbonyl (C=O) groups excluding carboxylic acids is 9. The van der Waals surface area contributed by atoms with Crippen LogP contribution in [0.1, 0.15) is 63.5 Å². The van der Waals surface area contributed by atoms with Gasteiger partial charge in [-0.15, -0.1) is 0 Å². The average Bonchev–Trinajstić information content (AvgIpc) is 4.19. The lowest BCUT2D eigenvalue weighted by atomic mass is 10.0. The number of rotatable bonds is 30. The number of para-hydroxylation sites is 2. The topological polar surface area (TPSA) is 497 Å². The van der Waals surface area contributed by atoms with Crippen molar-refractivity contribution in [2.75, 3.05) is 13.2 Å². The molecule has 81 heavy (non-hydrogen) atoms. The predicted octanol–water partition coefficient (Wildman–Crippen LogP) is -4.80. The Balaban J connectivity index is 1.35. The summed E-state index contributed by atoms with van der Waals surface area (Å²) in [7, 11) is 0. The normalized spacial score (nSPS) is 16.9. The maximum atomic E-state index is 14.7. The van der Waals surface area contributed by atoms with Crippen molar-refractivity contribution >= 4 is 92.9 Å². The van der Waals surface area contributed by atoms with E-state index in [0.717, 1.165) is 18.7 Å². The number of fused-ring (bicyclic) bond motifs is 2. The van der Waals surface area contributed by atoms with E-state index < -0.39 is 170 Å². The van der Waals surface area contributed by atoms with Gasteiger partial charge in [0, 0.05) is 60.0 Å². The molecule has 2 aromatic carbocycles. The number of carbonyl (C=O) groups is 12. The minimum absolute atomic E-state index is 0.0333. The maximum absolute atomic E-state index is 14.7. The molecule has 0 unspecified atom stereocenters. The number of nitrogens with two attached hydrogens (primary N) is 2. The van der Waals surface area contributed by atoms with Gasteiger partial charge in [-0.1, -0.05) is 36.4 Å². The molecule has 0 radical (unpaired) electrons. The van der Waals surface area contributed by atoms with Crippen molar-refractivity contribution in [1.82, 2.24) is 52.1 Å². The molecule has 0 spiro atoms. The summed E-state index contributed by atoms with van der Waals surface area (Å²) in [6.07, 6.45) is -3.84. The number of aromatic amines is 2. The van der Waals surface area contributed by atoms with Crippen LogP contribution in [0.2, 0.25) is 0 Å². The third-order valence-electron chi connectivity index (χ3n) is 13.3. The van der Waals surface area contributed by atoms with Gasteiger partial charge in [-0.25, -0.2) is 4.79 Å². The smallest absolute Gasteiger partial charge is 0.328 e. The molecule has 1 aliphatic rings. The van der Waals surface area contributed by atoms with E-state index in [-0.39, 0.29) is 32.2 Å². The Morgan fingerprint density at radius 1 is 0.605 bits per heavy atom. The zero-order valence-corrected chi connectivity index (χ0v) is 43.9. The molecular formula is C51H66N12O18. The minimum Gasteiger partial charge on any atom is -0.481 e. The van der Waals surface area contributed by atoms with E-state index in [1.54, 1.807) is 54.7 Å². The third kappa shape index (κ3) is 17.2. The van der Waals surface area contributed by atoms with Gasteiger partial charge in [0.1, 0.15) is 48.3 Å². The molecule has 1 saturated heterocycles. The van der Waals surface area contributed by atoms with E-state index in [1.165, 1.54) is 6.20 Å². The monoisotopic (exact) mass is 1130 g/mol. The summed E-state index contributed by atoms with van der Waals surface area (Å²) in [6, 6.07) is -1.70. The minimum atomic E-state index is -2.02. The molecule has 5 rings (SSSR count). The fourth-order valence-corrected chi connectivity index (χ4v) is 9.03. The number of benzene rings is 2. The van der Waals surface area contributed by atoms with Crippen LogP contribution in [0.5, 0.6) is 0 Å². The summed E-state index contributed by atoms with van der Waals surface area (Å²) in [5.41, 5.74) is 13.4. The molecule has 0 saturated carbocycles. The van der Waals surface area contributed by atoms with Crippen molar-refractivity contribution in [2.24, 2.45) is 11.5 Å². The maximum Gasteiger partial charge on any atom is 0.328 e. The molecule has 3 heterocycles. The number of aliphatic carboxylic acids is 3. The predicted molar refractivity (Wildman–Crippen MR) is 281 cm³/mol. The van der Waals surface area contributed by atoms with Crippen molar-refractivity contribution in [3.63, 3.8) is 0 Å². The zero-order valence-electron chi connectivity index (χ0n) is 43.9. The Kier molecular flexibility index (Phi) is 22.3. The second-order valence-electron chi connectivity index (χ2n) is 19.4. The lowest BCUT2D eigenvalue weighted by Crippen LogP contribution is -2.62. The summed E-state index contributed by atoms with van der Waals surface area (Å²) in [5.74, 6) is -14.6. The molecule has 1 fully saturated rings. The SMILES string of the molecule is C[C@@H](O)[C@H](NC(=O)[C@H](CC(N)=O)NC(=O)[C@@H]1CCCN1C(=O)[C@H](Cc1c[nH]c2ccccc12)NC(=O)[C@@H](NC(=O)[C@@H](N)CC(=O)O)[C@@H](C)O)C(=O)N[C@@H](CCC(=O)O)C(=O)N[C@@H](Cc1c[nH]c2ccccc12)C(=O)N[C@@H](CO)C(=O)O. The van der Waals surface area contributed by atoms with Crippen LogP contribution in [0.4, 0.5) is 0 Å². The van der Waals surface area contributed by atoms with Crippen LogP contribution >= 0.6 is 0 Å². The van der Waals surface area contributed by atoms with Crippen LogP contribution < -0.4 is 48.7 Å². The summed E-state index contributed by atoms with van der Waals surface area (Å²) >= 11 is 0. The highest BCUT2D eigenvalue weighted by molar-refractivity contribution is 6.00. The largest absolute Gasteiger partial charge is 0.481 e. The Morgan fingerprint density at radius 3 is 1.59 bits per heavy atom. The molecule has 0 bridgehead atoms. The standard InChI is InChI=1S/C51H66N12O18/c1-23(65)41(61-43(72)29(52)18-40(70)71)49(78)59-35(17-26-21-55-31-11-6-4-9-28(26)31)50(79)63-15-7-12-37(63)47(76)58-34(19-38(53)67)46(75)62-42(24(2)66)48(77)56-32(13-14-39(68)69)44(73)57-33(45(74)60-36(22-64)51(80)81)16-25-20-54-30-10-5-3-8-27(25)30/h3-6,8-11,20-21,23-24,29,32-37,41-42,54-55,64-66H,7,12-19,22,52H2,1-2H3,(H2,53,67)(H,56,77)(H,57,73)(H,58,76)(H,59,78)(H,60,74)(H,61,72)(H,62,75)(H,68,69)(H,70,71)(H,80,81)/t23-,24-,29+,32+,33+,34+,35+,36+,37+,41+,42+/m1/s1. The van der Waals surface area contributed by atoms with Crippen LogP contribution in [-0.2, 0) is 70.4 Å². The van der Waals surface area contributed by atoms with Gasteiger partial charge in [0.05, 0.1) is 37.7 Å². The lowest BCUT2D eigenvalue weighted by molar-refractivity contribution is -0.143. The van der Waals surface area contributed by atoms with E-state index in [4.69, 9.17) is 16.6 Å². The average molecular weight is 1140 g/mol. The highest BCUT2D eigenvalue weighted by Crippen LogP contribution is 2.24. The number of nitrogens with zero attached hydrogens (tertiary/aromatic N) is 1. The van der Waals surface area contributed by atoms with E-state index in [2.05, 4.69) is 47.2 Å². The van der Waals surface area contributed by atoms with Crippen LogP contribution in [-0.4, -0.2) is 196 Å². The molecule has 30 nitrogen and oxygen atoms in total. The van der Waals surface area contributed by atoms with Crippen molar-refractivity contribution in [1.29, 1.82) is 0 Å². The fourth-order valence-electron chi connectivity index (χ4n) is 9.03. The second kappa shape index (κ2) is 28.8. The van der Waals surface area contributed by atoms with Crippen molar-refractivity contribution < 1.29 is 88.2 Å². The zero-order chi connectivity index (χ0) is 59.8. The third-order valence-corrected chi connectivity index (χ3v) is 13.3. The van der Waals surface area contributed by atoms with Gasteiger partial charge in [-0.05, 0) is 56.4 Å². The molecule has 438 valence electrons. The number of aliphatic hydroxyl groups is 3. The Hall–Kier alpha value is -9.00. The summed E-state index contributed by atoms with van der Waals surface area (Å²) in [6.45, 7) is 1.06. The van der Waals surface area contributed by atoms with Gasteiger partial charge in [-0.3, -0.25) is 52.7 Å². The molecule has 4 aromatic rings. The van der Waals surface area contributed by atoms with Crippen LogP contribution in [0, 0.1) is 0 Å². The van der Waals surface area contributed by atoms with E-state index in [9.17, 15) is 83.1 Å². The number of carboxylic acids is 3. The lowest BCUT2D eigenvalue weighted by Gasteiger charge is -2.31. The van der Waals surface area contributed by atoms with Gasteiger partial charge < -0.3 is 94.2 Å². The number of aromatic nitrogens is 2. The first kappa shape index (κ1) is 62.8. The van der Waals surface area contributed by atoms with Gasteiger partial charge in [0.25, 0.3) is 0 Å². The number of H-pyrrole nitrogens is 2. The second-order valence-corrected chi connectivity index (χ2v) is 19.4. The number of likely N-dealkylation sites (tertiary alicyclic amines) is 1. The highest BCUT2D eigenvalue weighted by Gasteiger charge is 2.42. The molecular weight excluding hydrogens is 1070 g/mol. The quantitative estimate of drug-likeness (QED) is 0.0233. The molecule has 19 N–H and O–H groups in total. The first-order chi connectivity index (χ1) is 38.3. The van der Waals surface area contributed by atoms with E-state index in [0.29, 0.717) is 32.9 Å². The first-order valence-corrected chi connectivity index (χ1v) is 25.5. The van der Waals surface area contributed by atoms with Gasteiger partial charge in [0.2, 0.25) is 53.2 Å². The van der Waals surface area contributed by atoms with Crippen LogP contribution in [0.25, 0.3) is 21.8 Å². The number of hydrogen-bond donors (Lipinski definition) is 17. The summed E-state index contributed by atoms with van der Waals surface area (Å²) in [5, 5.41) is 76.5. The molecule has 30 heteroatoms. The molecule has 11 atom stereocenters. The molecule has 9 amide bonds. The van der Waals surface area contributed by atoms with Gasteiger partial charge >= 0.3 is 17.9 Å². The first-order valence-electron chi connectivity index (χ1n) is 25.5. The highest BCUT2D eigenvalue weighted by atomic mass is 16.4. The van der Waals surface area contributed by atoms with E-state index >= 15 is 0 Å². The van der Waals surface area contributed by atoms with Gasteiger partial charge in [-0.2, -0.15) is 0 Å². The summed E-state index contributed by atoms with van der Waals surface area (Å²) < 4.78 is 0. The van der Waals surface area contributed by atoms with Crippen molar-refractivity contribution in [3.8, 4) is 0 Å². The molecule has 0 aliphatic carbocycles. The molecule has 1 aliphatic heterocycles. The number of aliphatic hydroxyl groups excluding tert-OH is 3. The van der Waals surface area contributed by atoms with Crippen molar-refractivity contribution in [3.05, 3.63) is 72.1 Å². The molecule has 2 aromatic heterocycles. The number of amides is 9. The van der Waals surface area contributed by atoms with E-state index in [1.807, 2.05) is 0 Å². The number of primary amides is 1. The fraction of sp³-hybridized carbons (Fsp3) is 0.451. The Morgan fingerprint density at radius 2 is 1.09 bits per heavy atom. The Bertz CT molecular complexity index is 3000. The number of carboxylic acid groups (broad SMARTS) is 3. The summed E-state index contributed by atoms with van der Waals surface area (Å²) in [4.78, 5) is 165. The number of nitrogens with one attached hydrogen (secondary N) is 9. The van der Waals surface area contributed by atoms with Crippen LogP contribution in [0.3, 0.4) is 0 Å².